The van der Waals surface area contributed by atoms with Gasteiger partial charge in [-0.2, -0.15) is 5.10 Å². The fourth-order valence-electron chi connectivity index (χ4n) is 9.03. The molecule has 0 aliphatic carbocycles. The van der Waals surface area contributed by atoms with Crippen molar-refractivity contribution in [3.05, 3.63) is 78.0 Å². The van der Waals surface area contributed by atoms with Crippen LogP contribution < -0.4 is 15.0 Å². The molecule has 2 fully saturated rings. The van der Waals surface area contributed by atoms with Gasteiger partial charge in [-0.25, -0.2) is 33.4 Å². The smallest absolute Gasteiger partial charge is 0.260 e. The van der Waals surface area contributed by atoms with Crippen LogP contribution in [0, 0.1) is 24.5 Å². The van der Waals surface area contributed by atoms with Crippen LogP contribution >= 0.6 is 0 Å². The van der Waals surface area contributed by atoms with Gasteiger partial charge in [0.2, 0.25) is 5.91 Å². The van der Waals surface area contributed by atoms with Gasteiger partial charge in [-0.1, -0.05) is 6.07 Å². The molecule has 58 heavy (non-hydrogen) atoms. The van der Waals surface area contributed by atoms with Crippen molar-refractivity contribution in [3.8, 4) is 22.7 Å². The standard InChI is InChI=1S/C41H41F2N11O4/c1-22-45-31-13-25(43)12-28-30-5-4-6-35(47-30)46-26-15-33(41(56)50(2)19-27(57-3)20-52(22)38(28)31)53(18-26)39-29-16-44-54-32-8-7-24(42)14-34(32)58-21-37(55)51-10-9-23(17-51)11-36(48-39)49-40(29)54/h4-8,12-14,16,23,26-27,33H,9-11,15,17-21H2,1-3H3,(H,46,47)/t23-,26-,27-,33-/m0/s1. The Kier molecular flexibility index (Phi) is 8.72. The van der Waals surface area contributed by atoms with Gasteiger partial charge < -0.3 is 34.1 Å². The first-order valence-corrected chi connectivity index (χ1v) is 19.5. The van der Waals surface area contributed by atoms with Crippen LogP contribution in [0.2, 0.25) is 0 Å². The third kappa shape index (κ3) is 6.24. The van der Waals surface area contributed by atoms with E-state index in [2.05, 4.69) is 5.32 Å². The highest BCUT2D eigenvalue weighted by molar-refractivity contribution is 5.94. The molecule has 4 atom stereocenters. The van der Waals surface area contributed by atoms with Gasteiger partial charge in [-0.15, -0.1) is 0 Å². The maximum absolute atomic E-state index is 15.1. The predicted octanol–water partition coefficient (Wildman–Crippen LogP) is 4.14. The quantitative estimate of drug-likeness (QED) is 0.270. The minimum absolute atomic E-state index is 0.101. The van der Waals surface area contributed by atoms with Crippen LogP contribution in [-0.4, -0.2) is 121 Å². The lowest BCUT2D eigenvalue weighted by Crippen LogP contribution is -2.47. The molecule has 15 nitrogen and oxygen atoms in total. The molecule has 4 aliphatic rings. The maximum atomic E-state index is 15.1. The zero-order chi connectivity index (χ0) is 39.8. The van der Waals surface area contributed by atoms with E-state index in [0.717, 1.165) is 11.9 Å². The molecule has 2 aromatic carbocycles. The summed E-state index contributed by atoms with van der Waals surface area (Å²) in [6.07, 6.45) is 2.91. The van der Waals surface area contributed by atoms with Crippen LogP contribution in [0.25, 0.3) is 39.0 Å². The molecule has 4 aromatic heterocycles. The summed E-state index contributed by atoms with van der Waals surface area (Å²) in [6.45, 7) is 3.74. The number of halogens is 2. The Morgan fingerprint density at radius 2 is 1.84 bits per heavy atom. The lowest BCUT2D eigenvalue weighted by Gasteiger charge is -2.31. The molecule has 6 aromatic rings. The molecule has 8 bridgehead atoms. The molecule has 17 heteroatoms. The van der Waals surface area contributed by atoms with E-state index in [1.807, 2.05) is 34.6 Å². The summed E-state index contributed by atoms with van der Waals surface area (Å²) in [6, 6.07) is 11.7. The highest BCUT2D eigenvalue weighted by Crippen LogP contribution is 2.37. The van der Waals surface area contributed by atoms with Gasteiger partial charge in [0.1, 0.15) is 52.4 Å². The molecular formula is C41H41F2N11O4. The Morgan fingerprint density at radius 1 is 0.966 bits per heavy atom. The minimum atomic E-state index is -0.651. The van der Waals surface area contributed by atoms with Gasteiger partial charge in [0, 0.05) is 70.5 Å². The lowest BCUT2D eigenvalue weighted by atomic mass is 10.0. The average Bonchev–Trinajstić information content (AvgIpc) is 4.01. The highest BCUT2D eigenvalue weighted by atomic mass is 19.1. The monoisotopic (exact) mass is 789 g/mol. The first kappa shape index (κ1) is 36.1. The number of aryl methyl sites for hydroxylation is 1. The summed E-state index contributed by atoms with van der Waals surface area (Å²) in [4.78, 5) is 53.3. The van der Waals surface area contributed by atoms with Crippen molar-refractivity contribution in [1.29, 1.82) is 0 Å². The number of anilines is 2. The number of carbonyl (C=O) groups is 2. The van der Waals surface area contributed by atoms with Gasteiger partial charge in [0.05, 0.1) is 41.0 Å². The topological polar surface area (TPSA) is 149 Å². The van der Waals surface area contributed by atoms with E-state index < -0.39 is 23.8 Å². The number of nitrogens with one attached hydrogen (secondary N) is 1. The Hall–Kier alpha value is -6.23. The van der Waals surface area contributed by atoms with Gasteiger partial charge in [0.15, 0.2) is 12.3 Å². The van der Waals surface area contributed by atoms with Crippen LogP contribution in [0.15, 0.2) is 54.7 Å². The number of rotatable bonds is 2. The highest BCUT2D eigenvalue weighted by Gasteiger charge is 2.41. The maximum Gasteiger partial charge on any atom is 0.260 e. The Balaban J connectivity index is 1.10. The number of ether oxygens (including phenoxy) is 2. The molecule has 0 saturated carbocycles. The summed E-state index contributed by atoms with van der Waals surface area (Å²) in [5, 5.41) is 8.90. The van der Waals surface area contributed by atoms with Crippen LogP contribution in [0.1, 0.15) is 24.5 Å². The normalized spacial score (nSPS) is 22.3. The van der Waals surface area contributed by atoms with Gasteiger partial charge in [-0.3, -0.25) is 9.59 Å². The Morgan fingerprint density at radius 3 is 2.71 bits per heavy atom. The second-order valence-corrected chi connectivity index (χ2v) is 15.7. The molecule has 8 heterocycles. The number of pyridine rings is 1. The van der Waals surface area contributed by atoms with Crippen molar-refractivity contribution >= 4 is 45.5 Å². The summed E-state index contributed by atoms with van der Waals surface area (Å²) >= 11 is 0. The largest absolute Gasteiger partial charge is 0.481 e. The SMILES string of the molecule is CO[C@H]1CN(C)C(=O)[C@@H]2C[C@@H](CN2c2nc3nc4c2cnn4-c2ccc(F)cc2OCC(=O)N2CC[C@@H](C3)C2)Nc2cccc(n2)-c2cc(F)cc3nc(C)n(c23)C1. The van der Waals surface area contributed by atoms with Crippen LogP contribution in [0.4, 0.5) is 20.4 Å². The van der Waals surface area contributed by atoms with E-state index in [9.17, 15) is 14.0 Å². The molecule has 0 spiro atoms. The number of hydrogen-bond donors (Lipinski definition) is 1. The third-order valence-corrected chi connectivity index (χ3v) is 11.9. The number of amides is 2. The number of fused-ring (bicyclic) bond motifs is 10. The summed E-state index contributed by atoms with van der Waals surface area (Å²) in [5.74, 6) is 1.37. The van der Waals surface area contributed by atoms with E-state index in [1.54, 1.807) is 40.9 Å². The Labute approximate surface area is 331 Å². The van der Waals surface area contributed by atoms with Crippen LogP contribution in [0.5, 0.6) is 5.75 Å². The van der Waals surface area contributed by atoms with Gasteiger partial charge in [0.25, 0.3) is 5.91 Å². The fourth-order valence-corrected chi connectivity index (χ4v) is 9.03. The van der Waals surface area contributed by atoms with Gasteiger partial charge >= 0.3 is 0 Å². The lowest BCUT2D eigenvalue weighted by molar-refractivity contribution is -0.133. The number of imidazole rings is 1. The fraction of sp³-hybridized carbons (Fsp3) is 0.390. The molecule has 4 aliphatic heterocycles. The number of nitrogens with zero attached hydrogens (tertiary/aromatic N) is 10. The summed E-state index contributed by atoms with van der Waals surface area (Å²) in [7, 11) is 3.40. The summed E-state index contributed by atoms with van der Waals surface area (Å²) in [5.41, 5.74) is 3.32. The molecule has 10 rings (SSSR count). The molecular weight excluding hydrogens is 749 g/mol. The molecule has 2 amide bonds. The first-order valence-electron chi connectivity index (χ1n) is 19.5. The zero-order valence-corrected chi connectivity index (χ0v) is 32.2. The zero-order valence-electron chi connectivity index (χ0n) is 32.2. The van der Waals surface area contributed by atoms with Crippen molar-refractivity contribution in [1.82, 2.24) is 44.1 Å². The number of methoxy groups -OCH3 is 1. The minimum Gasteiger partial charge on any atom is -0.481 e. The number of likely N-dealkylation sites (N-methyl/N-ethyl adjacent to an activating group) is 1. The second kappa shape index (κ2) is 14.0. The number of carbonyl (C=O) groups excluding carboxylic acids is 2. The van der Waals surface area contributed by atoms with E-state index in [-0.39, 0.29) is 42.7 Å². The Bertz CT molecular complexity index is 2630. The van der Waals surface area contributed by atoms with E-state index >= 15 is 4.39 Å². The van der Waals surface area contributed by atoms with Crippen molar-refractivity contribution in [2.45, 2.75) is 50.9 Å². The van der Waals surface area contributed by atoms with Crippen molar-refractivity contribution in [3.63, 3.8) is 0 Å². The molecule has 2 saturated heterocycles. The van der Waals surface area contributed by atoms with E-state index in [0.29, 0.717) is 95.8 Å². The van der Waals surface area contributed by atoms with E-state index in [4.69, 9.17) is 34.5 Å². The summed E-state index contributed by atoms with van der Waals surface area (Å²) < 4.78 is 45.3. The molecule has 298 valence electrons. The molecule has 0 radical (unpaired) electrons. The average molecular weight is 790 g/mol. The number of benzene rings is 2. The molecule has 0 unspecified atom stereocenters. The van der Waals surface area contributed by atoms with Crippen LogP contribution in [-0.2, 0) is 27.3 Å². The van der Waals surface area contributed by atoms with Crippen molar-refractivity contribution in [2.24, 2.45) is 5.92 Å². The van der Waals surface area contributed by atoms with Crippen molar-refractivity contribution in [2.75, 3.05) is 57.2 Å². The second-order valence-electron chi connectivity index (χ2n) is 15.7. The third-order valence-electron chi connectivity index (χ3n) is 11.9. The first-order chi connectivity index (χ1) is 28.1. The number of aromatic nitrogens is 7. The van der Waals surface area contributed by atoms with Crippen LogP contribution in [0.3, 0.4) is 0 Å². The number of hydrogen-bond acceptors (Lipinski definition) is 11. The van der Waals surface area contributed by atoms with Gasteiger partial charge in [-0.05, 0) is 56.0 Å². The van der Waals surface area contributed by atoms with Crippen molar-refractivity contribution < 1.29 is 27.8 Å². The van der Waals surface area contributed by atoms with E-state index in [1.165, 1.54) is 24.3 Å². The predicted molar refractivity (Wildman–Crippen MR) is 210 cm³/mol. The molecule has 1 N–H and O–H groups in total.